The summed E-state index contributed by atoms with van der Waals surface area (Å²) in [6, 6.07) is 1.87. The minimum Gasteiger partial charge on any atom is -0.493 e. The lowest BCUT2D eigenvalue weighted by Gasteiger charge is -2.16. The molecular weight excluding hydrogens is 228 g/mol. The van der Waals surface area contributed by atoms with Crippen molar-refractivity contribution in [3.63, 3.8) is 0 Å². The van der Waals surface area contributed by atoms with Crippen LogP contribution in [0.15, 0.2) is 6.07 Å². The highest BCUT2D eigenvalue weighted by Crippen LogP contribution is 2.39. The van der Waals surface area contributed by atoms with Gasteiger partial charge in [0.25, 0.3) is 0 Å². The Bertz CT molecular complexity index is 364. The quantitative estimate of drug-likeness (QED) is 0.865. The van der Waals surface area contributed by atoms with Crippen molar-refractivity contribution in [3.8, 4) is 11.5 Å². The molecule has 0 aliphatic heterocycles. The molecule has 0 spiro atoms. The van der Waals surface area contributed by atoms with E-state index in [-0.39, 0.29) is 6.61 Å². The van der Waals surface area contributed by atoms with Gasteiger partial charge in [-0.2, -0.15) is 0 Å². The zero-order chi connectivity index (χ0) is 12.1. The van der Waals surface area contributed by atoms with Crippen LogP contribution >= 0.6 is 11.6 Å². The highest BCUT2D eigenvalue weighted by Gasteiger charge is 2.15. The number of ether oxygens (including phenoxy) is 2. The molecule has 1 aromatic carbocycles. The highest BCUT2D eigenvalue weighted by atomic mass is 35.5. The van der Waals surface area contributed by atoms with Gasteiger partial charge in [-0.25, -0.2) is 0 Å². The zero-order valence-corrected chi connectivity index (χ0v) is 10.6. The predicted molar refractivity (Wildman–Crippen MR) is 64.7 cm³/mol. The van der Waals surface area contributed by atoms with E-state index in [1.165, 1.54) is 0 Å². The molecule has 1 aromatic rings. The molecule has 0 saturated heterocycles. The van der Waals surface area contributed by atoms with Crippen LogP contribution in [0.5, 0.6) is 11.5 Å². The van der Waals surface area contributed by atoms with Crippen LogP contribution in [-0.4, -0.2) is 25.9 Å². The molecule has 0 saturated carbocycles. The standard InChI is InChI=1S/C12H17ClO3/c1-8-10(13)7-9(5-4-6-14)12(16-3)11(8)15-2/h7,14H,4-6H2,1-3H3. The molecule has 0 fully saturated rings. The molecule has 0 aliphatic rings. The van der Waals surface area contributed by atoms with Crippen LogP contribution in [0.3, 0.4) is 0 Å². The SMILES string of the molecule is COc1c(CCCO)cc(Cl)c(C)c1OC. The fourth-order valence-electron chi connectivity index (χ4n) is 1.68. The van der Waals surface area contributed by atoms with Gasteiger partial charge in [0.1, 0.15) is 0 Å². The molecule has 0 aromatic heterocycles. The summed E-state index contributed by atoms with van der Waals surface area (Å²) in [5, 5.41) is 9.49. The van der Waals surface area contributed by atoms with Gasteiger partial charge in [0.2, 0.25) is 0 Å². The molecular formula is C12H17ClO3. The maximum absolute atomic E-state index is 8.84. The summed E-state index contributed by atoms with van der Waals surface area (Å²) in [4.78, 5) is 0. The Balaban J connectivity index is 3.20. The van der Waals surface area contributed by atoms with E-state index in [4.69, 9.17) is 26.2 Å². The zero-order valence-electron chi connectivity index (χ0n) is 9.84. The maximum atomic E-state index is 8.84. The molecule has 0 atom stereocenters. The number of aliphatic hydroxyl groups excluding tert-OH is 1. The Kier molecular flexibility index (Phi) is 4.90. The third-order valence-corrected chi connectivity index (χ3v) is 2.90. The van der Waals surface area contributed by atoms with Gasteiger partial charge in [0.15, 0.2) is 11.5 Å². The number of rotatable bonds is 5. The predicted octanol–water partition coefficient (Wildman–Crippen LogP) is 2.59. The van der Waals surface area contributed by atoms with Gasteiger partial charge in [-0.15, -0.1) is 0 Å². The number of hydrogen-bond donors (Lipinski definition) is 1. The van der Waals surface area contributed by atoms with Crippen LogP contribution in [0.4, 0.5) is 0 Å². The first-order valence-electron chi connectivity index (χ1n) is 5.16. The van der Waals surface area contributed by atoms with E-state index in [0.29, 0.717) is 22.9 Å². The molecule has 16 heavy (non-hydrogen) atoms. The molecule has 1 N–H and O–H groups in total. The number of aryl methyl sites for hydroxylation is 1. The largest absolute Gasteiger partial charge is 0.493 e. The van der Waals surface area contributed by atoms with Gasteiger partial charge >= 0.3 is 0 Å². The van der Waals surface area contributed by atoms with Crippen LogP contribution in [0, 0.1) is 6.92 Å². The van der Waals surface area contributed by atoms with Gasteiger partial charge in [-0.05, 0) is 31.4 Å². The van der Waals surface area contributed by atoms with Gasteiger partial charge in [-0.1, -0.05) is 11.6 Å². The van der Waals surface area contributed by atoms with Crippen molar-refractivity contribution in [2.45, 2.75) is 19.8 Å². The first kappa shape index (κ1) is 13.1. The second kappa shape index (κ2) is 5.97. The van der Waals surface area contributed by atoms with E-state index < -0.39 is 0 Å². The van der Waals surface area contributed by atoms with Crippen LogP contribution in [0.2, 0.25) is 5.02 Å². The average molecular weight is 245 g/mol. The third kappa shape index (κ3) is 2.60. The molecule has 0 amide bonds. The maximum Gasteiger partial charge on any atom is 0.165 e. The first-order valence-corrected chi connectivity index (χ1v) is 5.54. The topological polar surface area (TPSA) is 38.7 Å². The van der Waals surface area contributed by atoms with E-state index in [1.54, 1.807) is 14.2 Å². The van der Waals surface area contributed by atoms with Crippen molar-refractivity contribution in [1.29, 1.82) is 0 Å². The van der Waals surface area contributed by atoms with E-state index >= 15 is 0 Å². The molecule has 0 radical (unpaired) electrons. The third-order valence-electron chi connectivity index (χ3n) is 2.51. The molecule has 0 bridgehead atoms. The Labute approximate surface area is 101 Å². The Hall–Kier alpha value is -0.930. The normalized spacial score (nSPS) is 10.3. The van der Waals surface area contributed by atoms with Crippen molar-refractivity contribution in [2.75, 3.05) is 20.8 Å². The number of methoxy groups -OCH3 is 2. The van der Waals surface area contributed by atoms with Crippen LogP contribution < -0.4 is 9.47 Å². The molecule has 3 nitrogen and oxygen atoms in total. The molecule has 0 heterocycles. The first-order chi connectivity index (χ1) is 7.65. The van der Waals surface area contributed by atoms with Crippen LogP contribution in [0.25, 0.3) is 0 Å². The van der Waals surface area contributed by atoms with Crippen molar-refractivity contribution in [3.05, 3.63) is 22.2 Å². The van der Waals surface area contributed by atoms with Crippen LogP contribution in [0.1, 0.15) is 17.5 Å². The van der Waals surface area contributed by atoms with Gasteiger partial charge in [0.05, 0.1) is 14.2 Å². The van der Waals surface area contributed by atoms with Crippen molar-refractivity contribution in [2.24, 2.45) is 0 Å². The Morgan fingerprint density at radius 2 is 1.88 bits per heavy atom. The Morgan fingerprint density at radius 3 is 2.38 bits per heavy atom. The summed E-state index contributed by atoms with van der Waals surface area (Å²) >= 11 is 6.11. The lowest BCUT2D eigenvalue weighted by Crippen LogP contribution is -2.00. The number of benzene rings is 1. The highest BCUT2D eigenvalue weighted by molar-refractivity contribution is 6.31. The summed E-state index contributed by atoms with van der Waals surface area (Å²) in [6.45, 7) is 2.04. The van der Waals surface area contributed by atoms with Gasteiger partial charge in [-0.3, -0.25) is 0 Å². The van der Waals surface area contributed by atoms with Crippen LogP contribution in [-0.2, 0) is 6.42 Å². The second-order valence-corrected chi connectivity index (χ2v) is 3.94. The van der Waals surface area contributed by atoms with Crippen molar-refractivity contribution >= 4 is 11.6 Å². The van der Waals surface area contributed by atoms with E-state index in [9.17, 15) is 0 Å². The molecule has 4 heteroatoms. The summed E-state index contributed by atoms with van der Waals surface area (Å²) < 4.78 is 10.6. The van der Waals surface area contributed by atoms with E-state index in [1.807, 2.05) is 13.0 Å². The van der Waals surface area contributed by atoms with Gasteiger partial charge in [0, 0.05) is 17.2 Å². The van der Waals surface area contributed by atoms with E-state index in [2.05, 4.69) is 0 Å². The molecule has 0 unspecified atom stereocenters. The monoisotopic (exact) mass is 244 g/mol. The minimum absolute atomic E-state index is 0.150. The number of halogens is 1. The summed E-state index contributed by atoms with van der Waals surface area (Å²) in [6.07, 6.45) is 1.40. The average Bonchev–Trinajstić information content (AvgIpc) is 2.29. The van der Waals surface area contributed by atoms with Gasteiger partial charge < -0.3 is 14.6 Å². The summed E-state index contributed by atoms with van der Waals surface area (Å²) in [5.41, 5.74) is 1.83. The lowest BCUT2D eigenvalue weighted by atomic mass is 10.0. The fourth-order valence-corrected chi connectivity index (χ4v) is 1.89. The van der Waals surface area contributed by atoms with Crippen molar-refractivity contribution in [1.82, 2.24) is 0 Å². The molecule has 1 rings (SSSR count). The smallest absolute Gasteiger partial charge is 0.165 e. The molecule has 90 valence electrons. The number of hydrogen-bond acceptors (Lipinski definition) is 3. The lowest BCUT2D eigenvalue weighted by molar-refractivity contribution is 0.287. The molecule has 0 aliphatic carbocycles. The second-order valence-electron chi connectivity index (χ2n) is 3.54. The van der Waals surface area contributed by atoms with Crippen molar-refractivity contribution < 1.29 is 14.6 Å². The summed E-state index contributed by atoms with van der Waals surface area (Å²) in [7, 11) is 3.20. The number of aliphatic hydroxyl groups is 1. The minimum atomic E-state index is 0.150. The fraction of sp³-hybridized carbons (Fsp3) is 0.500. The Morgan fingerprint density at radius 1 is 1.25 bits per heavy atom. The van der Waals surface area contributed by atoms with E-state index in [0.717, 1.165) is 17.5 Å². The summed E-state index contributed by atoms with van der Waals surface area (Å²) in [5.74, 6) is 1.38.